The molecule has 3 aromatic carbocycles. The first-order valence-corrected chi connectivity index (χ1v) is 11.7. The van der Waals surface area contributed by atoms with E-state index in [1.807, 2.05) is 0 Å². The van der Waals surface area contributed by atoms with Gasteiger partial charge in [-0.25, -0.2) is 21.2 Å². The molecule has 0 saturated heterocycles. The molecule has 11 heteroatoms. The van der Waals surface area contributed by atoms with Gasteiger partial charge in [0, 0.05) is 5.02 Å². The Bertz CT molecular complexity index is 1280. The van der Waals surface area contributed by atoms with Crippen LogP contribution in [0.4, 0.5) is 15.8 Å². The Morgan fingerprint density at radius 1 is 0.724 bits per heavy atom. The van der Waals surface area contributed by atoms with Crippen molar-refractivity contribution in [1.82, 2.24) is 0 Å². The predicted octanol–water partition coefficient (Wildman–Crippen LogP) is 4.73. The average Bonchev–Trinajstić information content (AvgIpc) is 2.63. The molecule has 0 spiro atoms. The van der Waals surface area contributed by atoms with Gasteiger partial charge in [0.25, 0.3) is 20.0 Å². The zero-order chi connectivity index (χ0) is 21.2. The summed E-state index contributed by atoms with van der Waals surface area (Å²) in [6.07, 6.45) is 0. The maximum Gasteiger partial charge on any atom is 0.263 e. The first kappa shape index (κ1) is 21.4. The predicted molar refractivity (Wildman–Crippen MR) is 111 cm³/mol. The zero-order valence-electron chi connectivity index (χ0n) is 14.4. The third kappa shape index (κ3) is 5.18. The summed E-state index contributed by atoms with van der Waals surface area (Å²) in [6, 6.07) is 14.1. The molecule has 3 aromatic rings. The fourth-order valence-electron chi connectivity index (χ4n) is 2.39. The van der Waals surface area contributed by atoms with E-state index in [0.717, 1.165) is 24.3 Å². The van der Waals surface area contributed by atoms with Gasteiger partial charge < -0.3 is 0 Å². The number of nitrogens with one attached hydrogen (secondary N) is 2. The van der Waals surface area contributed by atoms with Crippen molar-refractivity contribution in [2.75, 3.05) is 9.44 Å². The monoisotopic (exact) mass is 474 g/mol. The molecule has 0 fully saturated rings. The number of benzene rings is 3. The van der Waals surface area contributed by atoms with Gasteiger partial charge in [0.2, 0.25) is 0 Å². The fourth-order valence-corrected chi connectivity index (χ4v) is 5.23. The molecule has 0 saturated carbocycles. The summed E-state index contributed by atoms with van der Waals surface area (Å²) in [7, 11) is -8.27. The molecule has 29 heavy (non-hydrogen) atoms. The summed E-state index contributed by atoms with van der Waals surface area (Å²) in [4.78, 5) is -0.660. The van der Waals surface area contributed by atoms with E-state index in [9.17, 15) is 21.2 Å². The van der Waals surface area contributed by atoms with Crippen LogP contribution in [0.25, 0.3) is 0 Å². The van der Waals surface area contributed by atoms with Crippen molar-refractivity contribution in [3.63, 3.8) is 0 Å². The second kappa shape index (κ2) is 8.19. The van der Waals surface area contributed by atoms with Crippen LogP contribution in [0.15, 0.2) is 76.5 Å². The molecule has 0 amide bonds. The summed E-state index contributed by atoms with van der Waals surface area (Å²) >= 11 is 11.7. The molecule has 3 rings (SSSR count). The van der Waals surface area contributed by atoms with Crippen molar-refractivity contribution in [1.29, 1.82) is 0 Å². The van der Waals surface area contributed by atoms with Crippen LogP contribution in [0.3, 0.4) is 0 Å². The highest BCUT2D eigenvalue weighted by Crippen LogP contribution is 2.26. The third-order valence-electron chi connectivity index (χ3n) is 3.66. The van der Waals surface area contributed by atoms with E-state index in [-0.39, 0.29) is 21.3 Å². The van der Waals surface area contributed by atoms with Crippen molar-refractivity contribution in [3.05, 3.63) is 82.6 Å². The van der Waals surface area contributed by atoms with Crippen LogP contribution in [-0.2, 0) is 20.0 Å². The number of sulfonamides is 2. The van der Waals surface area contributed by atoms with E-state index in [2.05, 4.69) is 9.44 Å². The molecule has 0 radical (unpaired) electrons. The second-order valence-corrected chi connectivity index (χ2v) is 10.0. The molecule has 152 valence electrons. The lowest BCUT2D eigenvalue weighted by atomic mass is 10.3. The maximum absolute atomic E-state index is 13.4. The highest BCUT2D eigenvalue weighted by Gasteiger charge is 2.21. The molecule has 0 aliphatic heterocycles. The first-order chi connectivity index (χ1) is 13.6. The molecule has 0 unspecified atom stereocenters. The smallest absolute Gasteiger partial charge is 0.263 e. The fraction of sp³-hybridized carbons (Fsp3) is 0. The average molecular weight is 475 g/mol. The van der Waals surface area contributed by atoms with E-state index in [4.69, 9.17) is 23.2 Å². The van der Waals surface area contributed by atoms with Crippen LogP contribution in [0.5, 0.6) is 0 Å². The SMILES string of the molecule is O=S(=O)(Nc1cccc(Cl)c1)c1cccc(NS(=O)(=O)c2cc(F)ccc2Cl)c1. The lowest BCUT2D eigenvalue weighted by molar-refractivity contribution is 0.594. The quantitative estimate of drug-likeness (QED) is 0.539. The highest BCUT2D eigenvalue weighted by molar-refractivity contribution is 7.93. The van der Waals surface area contributed by atoms with Crippen molar-refractivity contribution in [3.8, 4) is 0 Å². The number of halogens is 3. The number of rotatable bonds is 6. The van der Waals surface area contributed by atoms with Crippen molar-refractivity contribution in [2.24, 2.45) is 0 Å². The van der Waals surface area contributed by atoms with Gasteiger partial charge in [-0.15, -0.1) is 0 Å². The minimum absolute atomic E-state index is 0.0423. The normalized spacial score (nSPS) is 11.8. The molecule has 0 aliphatic rings. The third-order valence-corrected chi connectivity index (χ3v) is 7.13. The first-order valence-electron chi connectivity index (χ1n) is 7.93. The number of anilines is 2. The van der Waals surface area contributed by atoms with E-state index >= 15 is 0 Å². The van der Waals surface area contributed by atoms with Crippen molar-refractivity contribution >= 4 is 54.6 Å². The van der Waals surface area contributed by atoms with Crippen LogP contribution in [-0.4, -0.2) is 16.8 Å². The van der Waals surface area contributed by atoms with Crippen LogP contribution in [0, 0.1) is 5.82 Å². The topological polar surface area (TPSA) is 92.3 Å². The lowest BCUT2D eigenvalue weighted by Crippen LogP contribution is -2.16. The molecule has 0 aliphatic carbocycles. The van der Waals surface area contributed by atoms with Crippen molar-refractivity contribution < 1.29 is 21.2 Å². The largest absolute Gasteiger partial charge is 0.280 e. The van der Waals surface area contributed by atoms with Gasteiger partial charge >= 0.3 is 0 Å². The molecule has 0 heterocycles. The van der Waals surface area contributed by atoms with Gasteiger partial charge in [-0.1, -0.05) is 35.3 Å². The minimum Gasteiger partial charge on any atom is -0.280 e. The van der Waals surface area contributed by atoms with E-state index in [1.54, 1.807) is 12.1 Å². The second-order valence-electron chi connectivity index (χ2n) is 5.82. The van der Waals surface area contributed by atoms with Crippen LogP contribution < -0.4 is 9.44 Å². The molecule has 0 aromatic heterocycles. The standard InChI is InChI=1S/C18H13Cl2FN2O4S2/c19-12-3-1-4-14(9-12)22-28(24,25)16-6-2-5-15(11-16)23-29(26,27)18-10-13(21)7-8-17(18)20/h1-11,22-23H. The molecule has 2 N–H and O–H groups in total. The Kier molecular flexibility index (Phi) is 6.04. The minimum atomic E-state index is -4.25. The van der Waals surface area contributed by atoms with Gasteiger partial charge in [0.15, 0.2) is 0 Å². The van der Waals surface area contributed by atoms with E-state index in [0.29, 0.717) is 5.02 Å². The Morgan fingerprint density at radius 3 is 2.03 bits per heavy atom. The Balaban J connectivity index is 1.90. The lowest BCUT2D eigenvalue weighted by Gasteiger charge is -2.12. The van der Waals surface area contributed by atoms with Gasteiger partial charge in [0.05, 0.1) is 21.3 Å². The molecular weight excluding hydrogens is 462 g/mol. The maximum atomic E-state index is 13.4. The van der Waals surface area contributed by atoms with E-state index in [1.165, 1.54) is 30.3 Å². The van der Waals surface area contributed by atoms with Crippen LogP contribution in [0.1, 0.15) is 0 Å². The summed E-state index contributed by atoms with van der Waals surface area (Å²) in [5.74, 6) is -0.781. The molecule has 0 atom stereocenters. The Hall–Kier alpha value is -2.33. The zero-order valence-corrected chi connectivity index (χ0v) is 17.6. The van der Waals surface area contributed by atoms with Gasteiger partial charge in [-0.2, -0.15) is 0 Å². The van der Waals surface area contributed by atoms with Gasteiger partial charge in [-0.3, -0.25) is 9.44 Å². The van der Waals surface area contributed by atoms with Crippen molar-refractivity contribution in [2.45, 2.75) is 9.79 Å². The Morgan fingerprint density at radius 2 is 1.34 bits per heavy atom. The van der Waals surface area contributed by atoms with Gasteiger partial charge in [-0.05, 0) is 54.6 Å². The molecule has 0 bridgehead atoms. The number of hydrogen-bond donors (Lipinski definition) is 2. The molecular formula is C18H13Cl2FN2O4S2. The summed E-state index contributed by atoms with van der Waals surface area (Å²) in [6.45, 7) is 0. The summed E-state index contributed by atoms with van der Waals surface area (Å²) < 4.78 is 68.2. The van der Waals surface area contributed by atoms with Crippen LogP contribution in [0.2, 0.25) is 10.0 Å². The summed E-state index contributed by atoms with van der Waals surface area (Å²) in [5, 5.41) is 0.170. The van der Waals surface area contributed by atoms with Gasteiger partial charge in [0.1, 0.15) is 10.7 Å². The number of hydrogen-bond acceptors (Lipinski definition) is 4. The highest BCUT2D eigenvalue weighted by atomic mass is 35.5. The van der Waals surface area contributed by atoms with E-state index < -0.39 is 30.8 Å². The molecule has 6 nitrogen and oxygen atoms in total. The summed E-state index contributed by atoms with van der Waals surface area (Å²) in [5.41, 5.74) is 0.203. The van der Waals surface area contributed by atoms with Crippen LogP contribution >= 0.6 is 23.2 Å². The Labute approximate surface area is 177 Å².